The molecular formula is C14H15BrClNOS. The molecule has 2 rings (SSSR count). The van der Waals surface area contributed by atoms with Crippen LogP contribution in [0.1, 0.15) is 24.3 Å². The lowest BCUT2D eigenvalue weighted by molar-refractivity contribution is 0.174. The van der Waals surface area contributed by atoms with Crippen molar-refractivity contribution in [3.63, 3.8) is 0 Å². The summed E-state index contributed by atoms with van der Waals surface area (Å²) in [7, 11) is 0. The molecule has 0 bridgehead atoms. The van der Waals surface area contributed by atoms with Crippen LogP contribution in [0.3, 0.4) is 0 Å². The first-order valence-electron chi connectivity index (χ1n) is 6.03. The van der Waals surface area contributed by atoms with E-state index in [9.17, 15) is 0 Å². The number of thiophene rings is 1. The van der Waals surface area contributed by atoms with E-state index in [1.807, 2.05) is 36.4 Å². The van der Waals surface area contributed by atoms with Crippen LogP contribution in [-0.4, -0.2) is 6.04 Å². The quantitative estimate of drug-likeness (QED) is 0.812. The van der Waals surface area contributed by atoms with E-state index in [0.29, 0.717) is 0 Å². The molecule has 2 unspecified atom stereocenters. The standard InChI is InChI=1S/C14H15BrClNOS/c1-2-11(17)14(12-6-7-13(16)19-12)18-10-5-3-4-9(15)8-10/h3-8,11,14H,2,17H2,1H3. The predicted octanol–water partition coefficient (Wildman–Crippen LogP) is 5.02. The van der Waals surface area contributed by atoms with Gasteiger partial charge in [0.15, 0.2) is 0 Å². The van der Waals surface area contributed by atoms with Gasteiger partial charge in [0.05, 0.1) is 4.34 Å². The average molecular weight is 361 g/mol. The largest absolute Gasteiger partial charge is 0.483 e. The zero-order valence-electron chi connectivity index (χ0n) is 10.5. The van der Waals surface area contributed by atoms with Gasteiger partial charge in [-0.3, -0.25) is 0 Å². The number of halogens is 2. The molecule has 0 aliphatic heterocycles. The lowest BCUT2D eigenvalue weighted by Crippen LogP contribution is -2.30. The fraction of sp³-hybridized carbons (Fsp3) is 0.286. The molecule has 2 aromatic rings. The second-order valence-corrected chi connectivity index (χ2v) is 6.87. The molecule has 0 aliphatic carbocycles. The first-order valence-corrected chi connectivity index (χ1v) is 8.02. The summed E-state index contributed by atoms with van der Waals surface area (Å²) in [6.07, 6.45) is 0.672. The molecule has 0 amide bonds. The Kier molecular flexibility index (Phi) is 5.28. The molecule has 1 aromatic heterocycles. The molecule has 5 heteroatoms. The summed E-state index contributed by atoms with van der Waals surface area (Å²) < 4.78 is 7.78. The van der Waals surface area contributed by atoms with Gasteiger partial charge in [0.25, 0.3) is 0 Å². The lowest BCUT2D eigenvalue weighted by Gasteiger charge is -2.23. The van der Waals surface area contributed by atoms with E-state index >= 15 is 0 Å². The topological polar surface area (TPSA) is 35.2 Å². The van der Waals surface area contributed by atoms with Gasteiger partial charge < -0.3 is 10.5 Å². The molecule has 1 aromatic carbocycles. The van der Waals surface area contributed by atoms with Gasteiger partial charge >= 0.3 is 0 Å². The van der Waals surface area contributed by atoms with E-state index in [0.717, 1.165) is 25.9 Å². The van der Waals surface area contributed by atoms with Crippen molar-refractivity contribution in [2.75, 3.05) is 0 Å². The van der Waals surface area contributed by atoms with E-state index in [4.69, 9.17) is 22.1 Å². The summed E-state index contributed by atoms with van der Waals surface area (Å²) in [5.74, 6) is 0.799. The summed E-state index contributed by atoms with van der Waals surface area (Å²) in [6.45, 7) is 2.05. The van der Waals surface area contributed by atoms with Crippen LogP contribution in [0, 0.1) is 0 Å². The SMILES string of the molecule is CCC(N)C(Oc1cccc(Br)c1)c1ccc(Cl)s1. The predicted molar refractivity (Wildman–Crippen MR) is 85.1 cm³/mol. The van der Waals surface area contributed by atoms with Gasteiger partial charge in [-0.1, -0.05) is 40.5 Å². The highest BCUT2D eigenvalue weighted by molar-refractivity contribution is 9.10. The third-order valence-electron chi connectivity index (χ3n) is 2.79. The zero-order chi connectivity index (χ0) is 13.8. The first kappa shape index (κ1) is 14.9. The molecule has 1 heterocycles. The molecule has 0 spiro atoms. The molecule has 0 saturated heterocycles. The van der Waals surface area contributed by atoms with Crippen molar-refractivity contribution in [1.29, 1.82) is 0 Å². The second kappa shape index (κ2) is 6.75. The number of benzene rings is 1. The Labute approximate surface area is 130 Å². The van der Waals surface area contributed by atoms with Crippen LogP contribution in [0.15, 0.2) is 40.9 Å². The van der Waals surface area contributed by atoms with Gasteiger partial charge in [-0.2, -0.15) is 0 Å². The Morgan fingerprint density at radius 3 is 2.74 bits per heavy atom. The molecule has 2 nitrogen and oxygen atoms in total. The minimum atomic E-state index is -0.170. The van der Waals surface area contributed by atoms with Crippen molar-refractivity contribution in [2.24, 2.45) is 5.73 Å². The van der Waals surface area contributed by atoms with Crippen LogP contribution in [-0.2, 0) is 0 Å². The van der Waals surface area contributed by atoms with E-state index in [2.05, 4.69) is 22.9 Å². The minimum absolute atomic E-state index is 0.0614. The van der Waals surface area contributed by atoms with Gasteiger partial charge in [0.2, 0.25) is 0 Å². The highest BCUT2D eigenvalue weighted by Crippen LogP contribution is 2.33. The van der Waals surface area contributed by atoms with Gasteiger partial charge in [0.1, 0.15) is 11.9 Å². The monoisotopic (exact) mass is 359 g/mol. The zero-order valence-corrected chi connectivity index (χ0v) is 13.6. The van der Waals surface area contributed by atoms with Crippen LogP contribution >= 0.6 is 38.9 Å². The number of ether oxygens (including phenoxy) is 1. The van der Waals surface area contributed by atoms with Gasteiger partial charge in [-0.25, -0.2) is 0 Å². The Bertz CT molecular complexity index is 546. The maximum Gasteiger partial charge on any atom is 0.148 e. The van der Waals surface area contributed by atoms with Gasteiger partial charge in [0, 0.05) is 15.4 Å². The molecule has 0 fully saturated rings. The van der Waals surface area contributed by atoms with Crippen LogP contribution in [0.2, 0.25) is 4.34 Å². The van der Waals surface area contributed by atoms with Crippen molar-refractivity contribution in [2.45, 2.75) is 25.5 Å². The number of rotatable bonds is 5. The molecule has 0 saturated carbocycles. The fourth-order valence-electron chi connectivity index (χ4n) is 1.74. The van der Waals surface area contributed by atoms with E-state index in [-0.39, 0.29) is 12.1 Å². The summed E-state index contributed by atoms with van der Waals surface area (Å²) in [5, 5.41) is 0. The fourth-order valence-corrected chi connectivity index (χ4v) is 3.28. The molecular weight excluding hydrogens is 346 g/mol. The molecule has 2 atom stereocenters. The van der Waals surface area contributed by atoms with Crippen LogP contribution < -0.4 is 10.5 Å². The lowest BCUT2D eigenvalue weighted by atomic mass is 10.1. The van der Waals surface area contributed by atoms with Crippen molar-refractivity contribution in [1.82, 2.24) is 0 Å². The van der Waals surface area contributed by atoms with Crippen LogP contribution in [0.25, 0.3) is 0 Å². The minimum Gasteiger partial charge on any atom is -0.483 e. The van der Waals surface area contributed by atoms with E-state index in [1.165, 1.54) is 11.3 Å². The van der Waals surface area contributed by atoms with Crippen molar-refractivity contribution in [3.8, 4) is 5.75 Å². The maximum absolute atomic E-state index is 6.17. The number of nitrogens with two attached hydrogens (primary N) is 1. The van der Waals surface area contributed by atoms with Crippen molar-refractivity contribution < 1.29 is 4.74 Å². The van der Waals surface area contributed by atoms with Crippen molar-refractivity contribution in [3.05, 3.63) is 50.1 Å². The van der Waals surface area contributed by atoms with Crippen molar-refractivity contribution >= 4 is 38.9 Å². The Balaban J connectivity index is 2.24. The summed E-state index contributed by atoms with van der Waals surface area (Å²) in [4.78, 5) is 1.05. The van der Waals surface area contributed by atoms with Gasteiger partial charge in [-0.15, -0.1) is 11.3 Å². The maximum atomic E-state index is 6.17. The molecule has 2 N–H and O–H groups in total. The Morgan fingerprint density at radius 1 is 1.37 bits per heavy atom. The average Bonchev–Trinajstić information content (AvgIpc) is 2.81. The van der Waals surface area contributed by atoms with E-state index in [1.54, 1.807) is 0 Å². The smallest absolute Gasteiger partial charge is 0.148 e. The summed E-state index contributed by atoms with van der Waals surface area (Å²) in [6, 6.07) is 11.6. The van der Waals surface area contributed by atoms with Crippen LogP contribution in [0.5, 0.6) is 5.75 Å². The molecule has 0 aliphatic rings. The molecule has 19 heavy (non-hydrogen) atoms. The number of hydrogen-bond donors (Lipinski definition) is 1. The summed E-state index contributed by atoms with van der Waals surface area (Å²) >= 11 is 10.9. The molecule has 102 valence electrons. The molecule has 0 radical (unpaired) electrons. The third-order valence-corrected chi connectivity index (χ3v) is 4.58. The first-order chi connectivity index (χ1) is 9.10. The second-order valence-electron chi connectivity index (χ2n) is 4.21. The number of hydrogen-bond acceptors (Lipinski definition) is 3. The Hall–Kier alpha value is -0.550. The summed E-state index contributed by atoms with van der Waals surface area (Å²) in [5.41, 5.74) is 6.17. The highest BCUT2D eigenvalue weighted by atomic mass is 79.9. The van der Waals surface area contributed by atoms with Crippen LogP contribution in [0.4, 0.5) is 0 Å². The highest BCUT2D eigenvalue weighted by Gasteiger charge is 2.22. The van der Waals surface area contributed by atoms with Gasteiger partial charge in [-0.05, 0) is 36.8 Å². The third kappa shape index (κ3) is 3.96. The Morgan fingerprint density at radius 2 is 2.16 bits per heavy atom. The normalized spacial score (nSPS) is 14.1. The van der Waals surface area contributed by atoms with E-state index < -0.39 is 0 Å².